The van der Waals surface area contributed by atoms with Gasteiger partial charge in [0.25, 0.3) is 15.6 Å². The third kappa shape index (κ3) is 2.85. The minimum Gasteiger partial charge on any atom is -0.506 e. The summed E-state index contributed by atoms with van der Waals surface area (Å²) in [5.74, 6) is -0.534. The number of methoxy groups -OCH3 is 1. The first-order valence-corrected chi connectivity index (χ1v) is 9.93. The monoisotopic (exact) mass is 399 g/mol. The summed E-state index contributed by atoms with van der Waals surface area (Å²) in [7, 11) is -2.50. The minimum absolute atomic E-state index is 0.0127. The van der Waals surface area contributed by atoms with Crippen molar-refractivity contribution in [3.8, 4) is 5.75 Å². The summed E-state index contributed by atoms with van der Waals surface area (Å²) >= 11 is 0. The zero-order valence-corrected chi connectivity index (χ0v) is 15.7. The van der Waals surface area contributed by atoms with Crippen LogP contribution in [0.15, 0.2) is 62.6 Å². The number of ether oxygens (including phenoxy) is 1. The average molecular weight is 399 g/mol. The highest BCUT2D eigenvalue weighted by molar-refractivity contribution is 7.90. The van der Waals surface area contributed by atoms with Crippen LogP contribution in [-0.2, 0) is 21.3 Å². The van der Waals surface area contributed by atoms with Gasteiger partial charge in [-0.3, -0.25) is 4.79 Å². The van der Waals surface area contributed by atoms with Gasteiger partial charge in [0, 0.05) is 19.0 Å². The normalized spacial score (nSPS) is 15.0. The molecule has 9 heteroatoms. The molecule has 8 nitrogen and oxygen atoms in total. The fraction of sp³-hybridized carbons (Fsp3) is 0.158. The van der Waals surface area contributed by atoms with Gasteiger partial charge in [0.15, 0.2) is 5.84 Å². The standard InChI is InChI=1S/C19H17N3O5S/c1-27-11-10-22-14-8-4-2-6-12(14)17(23)16(19(22)24)18-20-13-7-3-5-9-15(13)28(25,26)21-18/h2-9,23H,10-11H2,1H3,(H,20,21). The Morgan fingerprint density at radius 3 is 2.64 bits per heavy atom. The molecule has 0 unspecified atom stereocenters. The number of fused-ring (bicyclic) bond motifs is 2. The predicted molar refractivity (Wildman–Crippen MR) is 106 cm³/mol. The third-order valence-corrected chi connectivity index (χ3v) is 5.87. The third-order valence-electron chi connectivity index (χ3n) is 4.53. The zero-order chi connectivity index (χ0) is 19.9. The van der Waals surface area contributed by atoms with E-state index in [1.54, 1.807) is 42.5 Å². The summed E-state index contributed by atoms with van der Waals surface area (Å²) in [6.45, 7) is 0.509. The molecule has 0 spiro atoms. The molecule has 2 N–H and O–H groups in total. The highest BCUT2D eigenvalue weighted by atomic mass is 32.2. The second-order valence-corrected chi connectivity index (χ2v) is 7.80. The van der Waals surface area contributed by atoms with Gasteiger partial charge in [-0.25, -0.2) is 0 Å². The Kier molecular flexibility index (Phi) is 4.40. The minimum atomic E-state index is -4.01. The largest absolute Gasteiger partial charge is 0.506 e. The molecular weight excluding hydrogens is 382 g/mol. The molecule has 144 valence electrons. The van der Waals surface area contributed by atoms with Crippen LogP contribution in [0.2, 0.25) is 0 Å². The van der Waals surface area contributed by atoms with Crippen LogP contribution >= 0.6 is 0 Å². The number of rotatable bonds is 4. The molecule has 0 aliphatic carbocycles. The van der Waals surface area contributed by atoms with Crippen molar-refractivity contribution in [2.75, 3.05) is 19.0 Å². The number of hydrogen-bond acceptors (Lipinski definition) is 6. The first kappa shape index (κ1) is 18.2. The first-order valence-electron chi connectivity index (χ1n) is 8.49. The quantitative estimate of drug-likeness (QED) is 0.694. The van der Waals surface area contributed by atoms with Crippen molar-refractivity contribution in [2.24, 2.45) is 4.40 Å². The van der Waals surface area contributed by atoms with E-state index in [0.29, 0.717) is 16.6 Å². The van der Waals surface area contributed by atoms with Gasteiger partial charge < -0.3 is 19.7 Å². The Hall–Kier alpha value is -3.17. The van der Waals surface area contributed by atoms with Crippen LogP contribution in [0.5, 0.6) is 5.75 Å². The molecule has 0 amide bonds. The number of aromatic nitrogens is 1. The molecule has 0 saturated heterocycles. The van der Waals surface area contributed by atoms with Crippen LogP contribution in [0.25, 0.3) is 10.9 Å². The summed E-state index contributed by atoms with van der Waals surface area (Å²) in [6, 6.07) is 13.1. The summed E-state index contributed by atoms with van der Waals surface area (Å²) in [5.41, 5.74) is 0.0512. The fourth-order valence-electron chi connectivity index (χ4n) is 3.23. The Bertz CT molecular complexity index is 1280. The molecular formula is C19H17N3O5S. The van der Waals surface area contributed by atoms with Crippen molar-refractivity contribution in [1.29, 1.82) is 0 Å². The van der Waals surface area contributed by atoms with Gasteiger partial charge >= 0.3 is 0 Å². The summed E-state index contributed by atoms with van der Waals surface area (Å²) in [5, 5.41) is 14.1. The number of anilines is 1. The summed E-state index contributed by atoms with van der Waals surface area (Å²) in [4.78, 5) is 13.2. The lowest BCUT2D eigenvalue weighted by atomic mass is 10.1. The molecule has 1 aliphatic rings. The van der Waals surface area contributed by atoms with Crippen LogP contribution in [0.4, 0.5) is 5.69 Å². The number of hydrogen-bond donors (Lipinski definition) is 2. The van der Waals surface area contributed by atoms with Gasteiger partial charge in [0.1, 0.15) is 16.2 Å². The van der Waals surface area contributed by atoms with Gasteiger partial charge in [-0.05, 0) is 24.3 Å². The Labute approximate surface area is 160 Å². The van der Waals surface area contributed by atoms with Gasteiger partial charge in [-0.2, -0.15) is 8.42 Å². The van der Waals surface area contributed by atoms with E-state index in [9.17, 15) is 18.3 Å². The van der Waals surface area contributed by atoms with Crippen LogP contribution in [0, 0.1) is 0 Å². The number of amidine groups is 1. The lowest BCUT2D eigenvalue weighted by Crippen LogP contribution is -2.33. The highest BCUT2D eigenvalue weighted by Crippen LogP contribution is 2.32. The molecule has 28 heavy (non-hydrogen) atoms. The lowest BCUT2D eigenvalue weighted by Gasteiger charge is -2.20. The van der Waals surface area contributed by atoms with E-state index in [0.717, 1.165) is 0 Å². The Balaban J connectivity index is 2.00. The fourth-order valence-corrected chi connectivity index (χ4v) is 4.35. The first-order chi connectivity index (χ1) is 13.4. The maximum absolute atomic E-state index is 13.2. The molecule has 0 atom stereocenters. The summed E-state index contributed by atoms with van der Waals surface area (Å²) < 4.78 is 35.4. The number of nitrogens with zero attached hydrogens (tertiary/aromatic N) is 2. The van der Waals surface area contributed by atoms with Gasteiger partial charge in [-0.15, -0.1) is 4.40 Å². The molecule has 1 aromatic heterocycles. The molecule has 0 radical (unpaired) electrons. The van der Waals surface area contributed by atoms with Crippen molar-refractivity contribution in [1.82, 2.24) is 4.57 Å². The second kappa shape index (κ2) is 6.77. The molecule has 0 saturated carbocycles. The SMILES string of the molecule is COCCn1c(=O)c(C2=NS(=O)(=O)c3ccccc3N2)c(O)c2ccccc21. The van der Waals surface area contributed by atoms with Crippen molar-refractivity contribution in [3.05, 3.63) is 64.4 Å². The van der Waals surface area contributed by atoms with E-state index in [-0.39, 0.29) is 35.2 Å². The van der Waals surface area contributed by atoms with Crippen molar-refractivity contribution in [2.45, 2.75) is 11.4 Å². The van der Waals surface area contributed by atoms with E-state index >= 15 is 0 Å². The van der Waals surface area contributed by atoms with Gasteiger partial charge in [-0.1, -0.05) is 24.3 Å². The predicted octanol–water partition coefficient (Wildman–Crippen LogP) is 1.91. The van der Waals surface area contributed by atoms with Crippen molar-refractivity contribution >= 4 is 32.4 Å². The molecule has 4 rings (SSSR count). The zero-order valence-electron chi connectivity index (χ0n) is 14.9. The lowest BCUT2D eigenvalue weighted by molar-refractivity contribution is 0.187. The number of pyridine rings is 1. The topological polar surface area (TPSA) is 110 Å². The molecule has 0 bridgehead atoms. The van der Waals surface area contributed by atoms with Crippen molar-refractivity contribution in [3.63, 3.8) is 0 Å². The van der Waals surface area contributed by atoms with E-state index in [2.05, 4.69) is 9.71 Å². The Morgan fingerprint density at radius 2 is 1.86 bits per heavy atom. The van der Waals surface area contributed by atoms with E-state index in [1.165, 1.54) is 17.7 Å². The molecule has 0 fully saturated rings. The van der Waals surface area contributed by atoms with Gasteiger partial charge in [0.2, 0.25) is 0 Å². The van der Waals surface area contributed by atoms with Crippen LogP contribution in [0.3, 0.4) is 0 Å². The number of aromatic hydroxyl groups is 1. The Morgan fingerprint density at radius 1 is 1.14 bits per heavy atom. The number of benzene rings is 2. The summed E-state index contributed by atoms with van der Waals surface area (Å²) in [6.07, 6.45) is 0. The number of sulfonamides is 1. The van der Waals surface area contributed by atoms with Crippen LogP contribution < -0.4 is 10.9 Å². The second-order valence-electron chi connectivity index (χ2n) is 6.23. The number of para-hydroxylation sites is 2. The van der Waals surface area contributed by atoms with E-state index in [4.69, 9.17) is 4.74 Å². The molecule has 3 aromatic rings. The molecule has 2 heterocycles. The van der Waals surface area contributed by atoms with Crippen LogP contribution in [-0.4, -0.2) is 37.6 Å². The van der Waals surface area contributed by atoms with E-state index < -0.39 is 15.6 Å². The molecule has 1 aliphatic heterocycles. The average Bonchev–Trinajstić information content (AvgIpc) is 2.68. The van der Waals surface area contributed by atoms with Gasteiger partial charge in [0.05, 0.1) is 17.8 Å². The van der Waals surface area contributed by atoms with E-state index in [1.807, 2.05) is 0 Å². The smallest absolute Gasteiger partial charge is 0.286 e. The maximum Gasteiger partial charge on any atom is 0.286 e. The van der Waals surface area contributed by atoms with Crippen LogP contribution in [0.1, 0.15) is 5.56 Å². The number of nitrogens with one attached hydrogen (secondary N) is 1. The highest BCUT2D eigenvalue weighted by Gasteiger charge is 2.29. The van der Waals surface area contributed by atoms with Crippen molar-refractivity contribution < 1.29 is 18.3 Å². The maximum atomic E-state index is 13.2. The molecule has 2 aromatic carbocycles.